The Labute approximate surface area is 135 Å². The quantitative estimate of drug-likeness (QED) is 0.631. The minimum absolute atomic E-state index is 0.917. The molecule has 0 aliphatic heterocycles. The number of thioether (sulfide) groups is 1. The SMILES string of the molecule is Cc1ccc(-c2ccc(SCc3cccc(C)c3)nn2)cc1. The molecule has 0 spiro atoms. The molecule has 1 aromatic heterocycles. The minimum atomic E-state index is 0.917. The Morgan fingerprint density at radius 3 is 2.32 bits per heavy atom. The molecule has 0 amide bonds. The average molecular weight is 306 g/mol. The van der Waals surface area contributed by atoms with Crippen LogP contribution in [-0.2, 0) is 5.75 Å². The maximum Gasteiger partial charge on any atom is 0.119 e. The number of rotatable bonds is 4. The largest absolute Gasteiger partial charge is 0.149 e. The smallest absolute Gasteiger partial charge is 0.119 e. The van der Waals surface area contributed by atoms with Gasteiger partial charge in [-0.05, 0) is 31.5 Å². The second-order valence-corrected chi connectivity index (χ2v) is 6.40. The normalized spacial score (nSPS) is 10.6. The molecule has 0 saturated heterocycles. The summed E-state index contributed by atoms with van der Waals surface area (Å²) in [4.78, 5) is 0. The molecule has 0 aliphatic rings. The van der Waals surface area contributed by atoms with Crippen molar-refractivity contribution in [2.45, 2.75) is 24.6 Å². The van der Waals surface area contributed by atoms with Crippen LogP contribution in [0.5, 0.6) is 0 Å². The van der Waals surface area contributed by atoms with Crippen LogP contribution in [-0.4, -0.2) is 10.2 Å². The van der Waals surface area contributed by atoms with Gasteiger partial charge in [-0.1, -0.05) is 71.4 Å². The van der Waals surface area contributed by atoms with Crippen molar-refractivity contribution < 1.29 is 0 Å². The monoisotopic (exact) mass is 306 g/mol. The Bertz CT molecular complexity index is 749. The van der Waals surface area contributed by atoms with Crippen molar-refractivity contribution >= 4 is 11.8 Å². The lowest BCUT2D eigenvalue weighted by Gasteiger charge is -2.04. The summed E-state index contributed by atoms with van der Waals surface area (Å²) in [6.45, 7) is 4.20. The summed E-state index contributed by atoms with van der Waals surface area (Å²) < 4.78 is 0. The number of hydrogen-bond donors (Lipinski definition) is 0. The summed E-state index contributed by atoms with van der Waals surface area (Å²) in [6, 6.07) is 21.0. The summed E-state index contributed by atoms with van der Waals surface area (Å²) in [5.41, 5.74) is 5.88. The lowest BCUT2D eigenvalue weighted by atomic mass is 10.1. The molecule has 0 N–H and O–H groups in total. The molecular weight excluding hydrogens is 288 g/mol. The van der Waals surface area contributed by atoms with Gasteiger partial charge in [-0.25, -0.2) is 0 Å². The standard InChI is InChI=1S/C19H18N2S/c1-14-6-8-17(9-7-14)18-10-11-19(21-20-18)22-13-16-5-3-4-15(2)12-16/h3-12H,13H2,1-2H3. The molecule has 3 rings (SSSR count). The van der Waals surface area contributed by atoms with Crippen LogP contribution in [0.15, 0.2) is 65.7 Å². The maximum absolute atomic E-state index is 4.34. The topological polar surface area (TPSA) is 25.8 Å². The molecule has 3 heteroatoms. The zero-order valence-electron chi connectivity index (χ0n) is 12.8. The number of aromatic nitrogens is 2. The van der Waals surface area contributed by atoms with Gasteiger partial charge >= 0.3 is 0 Å². The van der Waals surface area contributed by atoms with Crippen molar-refractivity contribution in [1.82, 2.24) is 10.2 Å². The summed E-state index contributed by atoms with van der Waals surface area (Å²) in [5.74, 6) is 0.917. The highest BCUT2D eigenvalue weighted by atomic mass is 32.2. The first kappa shape index (κ1) is 14.8. The highest BCUT2D eigenvalue weighted by Gasteiger charge is 2.02. The number of nitrogens with zero attached hydrogens (tertiary/aromatic N) is 2. The molecule has 3 aromatic rings. The summed E-state index contributed by atoms with van der Waals surface area (Å²) in [6.07, 6.45) is 0. The molecule has 1 heterocycles. The second-order valence-electron chi connectivity index (χ2n) is 5.40. The molecular formula is C19H18N2S. The Kier molecular flexibility index (Phi) is 4.54. The van der Waals surface area contributed by atoms with Crippen molar-refractivity contribution in [3.05, 3.63) is 77.4 Å². The molecule has 0 radical (unpaired) electrons. The predicted octanol–water partition coefficient (Wildman–Crippen LogP) is 5.05. The molecule has 2 nitrogen and oxygen atoms in total. The molecule has 2 aromatic carbocycles. The highest BCUT2D eigenvalue weighted by Crippen LogP contribution is 2.23. The second kappa shape index (κ2) is 6.75. The molecule has 0 saturated carbocycles. The Balaban J connectivity index is 1.68. The first-order chi connectivity index (χ1) is 10.7. The van der Waals surface area contributed by atoms with Gasteiger partial charge in [0.2, 0.25) is 0 Å². The number of aryl methyl sites for hydroxylation is 2. The molecule has 22 heavy (non-hydrogen) atoms. The Morgan fingerprint density at radius 1 is 0.818 bits per heavy atom. The van der Waals surface area contributed by atoms with E-state index in [1.54, 1.807) is 11.8 Å². The van der Waals surface area contributed by atoms with E-state index in [9.17, 15) is 0 Å². The third-order valence-electron chi connectivity index (χ3n) is 3.46. The Morgan fingerprint density at radius 2 is 1.64 bits per heavy atom. The Hall–Kier alpha value is -2.13. The fourth-order valence-corrected chi connectivity index (χ4v) is 2.99. The van der Waals surface area contributed by atoms with Crippen LogP contribution in [0.2, 0.25) is 0 Å². The molecule has 0 atom stereocenters. The molecule has 0 bridgehead atoms. The summed E-state index contributed by atoms with van der Waals surface area (Å²) in [7, 11) is 0. The van der Waals surface area contributed by atoms with Crippen molar-refractivity contribution in [2.24, 2.45) is 0 Å². The van der Waals surface area contributed by atoms with Crippen LogP contribution >= 0.6 is 11.8 Å². The summed E-state index contributed by atoms with van der Waals surface area (Å²) >= 11 is 1.71. The molecule has 0 unspecified atom stereocenters. The van der Waals surface area contributed by atoms with Crippen LogP contribution < -0.4 is 0 Å². The van der Waals surface area contributed by atoms with E-state index in [2.05, 4.69) is 72.6 Å². The van der Waals surface area contributed by atoms with Gasteiger partial charge in [0.25, 0.3) is 0 Å². The van der Waals surface area contributed by atoms with E-state index in [-0.39, 0.29) is 0 Å². The lowest BCUT2D eigenvalue weighted by Crippen LogP contribution is -1.90. The first-order valence-corrected chi connectivity index (χ1v) is 8.28. The van der Waals surface area contributed by atoms with Gasteiger partial charge in [0.1, 0.15) is 5.03 Å². The minimum Gasteiger partial charge on any atom is -0.149 e. The van der Waals surface area contributed by atoms with E-state index in [0.717, 1.165) is 22.0 Å². The van der Waals surface area contributed by atoms with Crippen LogP contribution in [0.25, 0.3) is 11.3 Å². The van der Waals surface area contributed by atoms with Crippen molar-refractivity contribution in [1.29, 1.82) is 0 Å². The van der Waals surface area contributed by atoms with E-state index >= 15 is 0 Å². The van der Waals surface area contributed by atoms with Crippen LogP contribution in [0.4, 0.5) is 0 Å². The van der Waals surface area contributed by atoms with E-state index in [4.69, 9.17) is 0 Å². The van der Waals surface area contributed by atoms with Crippen molar-refractivity contribution in [2.75, 3.05) is 0 Å². The fraction of sp³-hybridized carbons (Fsp3) is 0.158. The van der Waals surface area contributed by atoms with E-state index in [1.165, 1.54) is 16.7 Å². The van der Waals surface area contributed by atoms with Crippen LogP contribution in [0.1, 0.15) is 16.7 Å². The van der Waals surface area contributed by atoms with Crippen LogP contribution in [0.3, 0.4) is 0 Å². The molecule has 0 aliphatic carbocycles. The van der Waals surface area contributed by atoms with Gasteiger partial charge in [-0.2, -0.15) is 0 Å². The average Bonchev–Trinajstić information content (AvgIpc) is 2.54. The number of benzene rings is 2. The molecule has 0 fully saturated rings. The summed E-state index contributed by atoms with van der Waals surface area (Å²) in [5, 5.41) is 9.62. The highest BCUT2D eigenvalue weighted by molar-refractivity contribution is 7.98. The fourth-order valence-electron chi connectivity index (χ4n) is 2.23. The van der Waals surface area contributed by atoms with Crippen molar-refractivity contribution in [3.8, 4) is 11.3 Å². The van der Waals surface area contributed by atoms with E-state index in [1.807, 2.05) is 12.1 Å². The van der Waals surface area contributed by atoms with Gasteiger partial charge in [-0.3, -0.25) is 0 Å². The zero-order valence-corrected chi connectivity index (χ0v) is 13.6. The van der Waals surface area contributed by atoms with Gasteiger partial charge < -0.3 is 0 Å². The predicted molar refractivity (Wildman–Crippen MR) is 92.9 cm³/mol. The lowest BCUT2D eigenvalue weighted by molar-refractivity contribution is 0.935. The van der Waals surface area contributed by atoms with Gasteiger partial charge in [0, 0.05) is 11.3 Å². The van der Waals surface area contributed by atoms with E-state index in [0.29, 0.717) is 0 Å². The van der Waals surface area contributed by atoms with Gasteiger partial charge in [-0.15, -0.1) is 10.2 Å². The third-order valence-corrected chi connectivity index (χ3v) is 4.45. The van der Waals surface area contributed by atoms with Crippen molar-refractivity contribution in [3.63, 3.8) is 0 Å². The third kappa shape index (κ3) is 3.74. The molecule has 110 valence electrons. The first-order valence-electron chi connectivity index (χ1n) is 7.30. The maximum atomic E-state index is 4.34. The van der Waals surface area contributed by atoms with Crippen LogP contribution in [0, 0.1) is 13.8 Å². The van der Waals surface area contributed by atoms with Gasteiger partial charge in [0.15, 0.2) is 0 Å². The van der Waals surface area contributed by atoms with Gasteiger partial charge in [0.05, 0.1) is 5.69 Å². The zero-order chi connectivity index (χ0) is 15.4. The van der Waals surface area contributed by atoms with E-state index < -0.39 is 0 Å². The number of hydrogen-bond acceptors (Lipinski definition) is 3.